The highest BCUT2D eigenvalue weighted by Gasteiger charge is 2.15. The number of hydrogen-bond donors (Lipinski definition) is 1. The van der Waals surface area contributed by atoms with Crippen molar-refractivity contribution in [3.8, 4) is 0 Å². The monoisotopic (exact) mass is 327 g/mol. The highest BCUT2D eigenvalue weighted by molar-refractivity contribution is 9.10. The first-order chi connectivity index (χ1) is 9.04. The number of carbonyl (C=O) groups is 2. The third-order valence-corrected chi connectivity index (χ3v) is 3.20. The van der Waals surface area contributed by atoms with Gasteiger partial charge < -0.3 is 10.5 Å². The lowest BCUT2D eigenvalue weighted by Gasteiger charge is -2.09. The Kier molecular flexibility index (Phi) is 6.73. The molecule has 1 aromatic rings. The number of hydrogen-bond acceptors (Lipinski definition) is 4. The zero-order chi connectivity index (χ0) is 14.3. The average molecular weight is 328 g/mol. The van der Waals surface area contributed by atoms with Crippen LogP contribution in [0, 0.1) is 0 Å². The molecule has 1 aromatic carbocycles. The molecule has 0 saturated heterocycles. The number of esters is 1. The summed E-state index contributed by atoms with van der Waals surface area (Å²) < 4.78 is 5.74. The molecule has 1 unspecified atom stereocenters. The molecule has 0 fully saturated rings. The van der Waals surface area contributed by atoms with E-state index in [-0.39, 0.29) is 5.78 Å². The number of halogens is 1. The molecule has 2 N–H and O–H groups in total. The SMILES string of the molecule is CCOC(=O)C(N)CCCC(=O)c1ccc(Br)cc1. The lowest BCUT2D eigenvalue weighted by atomic mass is 10.0. The van der Waals surface area contributed by atoms with Crippen LogP contribution in [0.2, 0.25) is 0 Å². The summed E-state index contributed by atoms with van der Waals surface area (Å²) in [5, 5.41) is 0. The fourth-order valence-corrected chi connectivity index (χ4v) is 1.89. The maximum Gasteiger partial charge on any atom is 0.322 e. The van der Waals surface area contributed by atoms with E-state index in [4.69, 9.17) is 10.5 Å². The molecule has 0 aliphatic carbocycles. The predicted molar refractivity (Wildman–Crippen MR) is 76.9 cm³/mol. The van der Waals surface area contributed by atoms with Crippen molar-refractivity contribution in [2.75, 3.05) is 6.61 Å². The summed E-state index contributed by atoms with van der Waals surface area (Å²) in [5.41, 5.74) is 6.33. The predicted octanol–water partition coefficient (Wildman–Crippen LogP) is 2.69. The van der Waals surface area contributed by atoms with E-state index >= 15 is 0 Å². The van der Waals surface area contributed by atoms with Crippen molar-refractivity contribution in [3.05, 3.63) is 34.3 Å². The molecular formula is C14H18BrNO3. The van der Waals surface area contributed by atoms with Crippen molar-refractivity contribution in [2.45, 2.75) is 32.2 Å². The van der Waals surface area contributed by atoms with Gasteiger partial charge in [-0.1, -0.05) is 28.1 Å². The van der Waals surface area contributed by atoms with E-state index in [0.29, 0.717) is 31.4 Å². The van der Waals surface area contributed by atoms with Gasteiger partial charge >= 0.3 is 5.97 Å². The van der Waals surface area contributed by atoms with Crippen molar-refractivity contribution in [1.29, 1.82) is 0 Å². The first-order valence-corrected chi connectivity index (χ1v) is 7.05. The zero-order valence-corrected chi connectivity index (χ0v) is 12.5. The Morgan fingerprint density at radius 1 is 1.32 bits per heavy atom. The van der Waals surface area contributed by atoms with Crippen LogP contribution >= 0.6 is 15.9 Å². The van der Waals surface area contributed by atoms with E-state index in [1.165, 1.54) is 0 Å². The standard InChI is InChI=1S/C14H18BrNO3/c1-2-19-14(18)12(16)4-3-5-13(17)10-6-8-11(15)9-7-10/h6-9,12H,2-5,16H2,1H3. The molecule has 0 spiro atoms. The van der Waals surface area contributed by atoms with Crippen molar-refractivity contribution in [2.24, 2.45) is 5.73 Å². The molecule has 0 aliphatic rings. The molecule has 0 radical (unpaired) electrons. The van der Waals surface area contributed by atoms with Crippen LogP contribution in [0.3, 0.4) is 0 Å². The Balaban J connectivity index is 2.35. The molecule has 1 atom stereocenters. The number of Topliss-reactive ketones (excluding diaryl/α,β-unsaturated/α-hetero) is 1. The lowest BCUT2D eigenvalue weighted by molar-refractivity contribution is -0.144. The third-order valence-electron chi connectivity index (χ3n) is 2.67. The lowest BCUT2D eigenvalue weighted by Crippen LogP contribution is -2.32. The molecule has 0 bridgehead atoms. The fraction of sp³-hybridized carbons (Fsp3) is 0.429. The van der Waals surface area contributed by atoms with E-state index in [0.717, 1.165) is 4.47 Å². The average Bonchev–Trinajstić information content (AvgIpc) is 2.39. The fourth-order valence-electron chi connectivity index (χ4n) is 1.63. The summed E-state index contributed by atoms with van der Waals surface area (Å²) in [6.07, 6.45) is 1.42. The van der Waals surface area contributed by atoms with E-state index in [1.54, 1.807) is 19.1 Å². The number of carbonyl (C=O) groups excluding carboxylic acids is 2. The van der Waals surface area contributed by atoms with E-state index < -0.39 is 12.0 Å². The van der Waals surface area contributed by atoms with Crippen LogP contribution in [-0.2, 0) is 9.53 Å². The van der Waals surface area contributed by atoms with Gasteiger partial charge in [0.15, 0.2) is 5.78 Å². The highest BCUT2D eigenvalue weighted by Crippen LogP contribution is 2.13. The summed E-state index contributed by atoms with van der Waals surface area (Å²) in [6, 6.07) is 6.57. The van der Waals surface area contributed by atoms with Crippen molar-refractivity contribution >= 4 is 27.7 Å². The van der Waals surface area contributed by atoms with Gasteiger partial charge in [0.25, 0.3) is 0 Å². The molecule has 0 heterocycles. The molecule has 0 aromatic heterocycles. The molecule has 4 nitrogen and oxygen atoms in total. The second kappa shape index (κ2) is 8.07. The largest absolute Gasteiger partial charge is 0.465 e. The Morgan fingerprint density at radius 2 is 1.95 bits per heavy atom. The van der Waals surface area contributed by atoms with Crippen LogP contribution in [0.15, 0.2) is 28.7 Å². The van der Waals surface area contributed by atoms with Gasteiger partial charge in [-0.3, -0.25) is 9.59 Å². The minimum Gasteiger partial charge on any atom is -0.465 e. The highest BCUT2D eigenvalue weighted by atomic mass is 79.9. The van der Waals surface area contributed by atoms with E-state index in [2.05, 4.69) is 15.9 Å². The summed E-state index contributed by atoms with van der Waals surface area (Å²) in [5.74, 6) is -0.345. The Morgan fingerprint density at radius 3 is 2.53 bits per heavy atom. The van der Waals surface area contributed by atoms with Gasteiger partial charge in [0.1, 0.15) is 6.04 Å². The number of rotatable bonds is 7. The van der Waals surface area contributed by atoms with Crippen molar-refractivity contribution in [1.82, 2.24) is 0 Å². The quantitative estimate of drug-likeness (QED) is 0.617. The van der Waals surface area contributed by atoms with Crippen LogP contribution in [0.4, 0.5) is 0 Å². The number of benzene rings is 1. The Hall–Kier alpha value is -1.20. The van der Waals surface area contributed by atoms with Crippen molar-refractivity contribution in [3.63, 3.8) is 0 Å². The van der Waals surface area contributed by atoms with Crippen LogP contribution in [0.1, 0.15) is 36.5 Å². The maximum absolute atomic E-state index is 11.9. The smallest absolute Gasteiger partial charge is 0.322 e. The second-order valence-corrected chi connectivity index (χ2v) is 5.10. The summed E-state index contributed by atoms with van der Waals surface area (Å²) in [4.78, 5) is 23.1. The molecule has 0 amide bonds. The molecule has 5 heteroatoms. The van der Waals surface area contributed by atoms with Gasteiger partial charge in [0.05, 0.1) is 6.61 Å². The summed E-state index contributed by atoms with van der Waals surface area (Å²) in [7, 11) is 0. The first kappa shape index (κ1) is 15.9. The van der Waals surface area contributed by atoms with Crippen LogP contribution in [0.5, 0.6) is 0 Å². The third kappa shape index (κ3) is 5.53. The van der Waals surface area contributed by atoms with Crippen LogP contribution in [-0.4, -0.2) is 24.4 Å². The van der Waals surface area contributed by atoms with Crippen molar-refractivity contribution < 1.29 is 14.3 Å². The second-order valence-electron chi connectivity index (χ2n) is 4.18. The van der Waals surface area contributed by atoms with Crippen LogP contribution < -0.4 is 5.73 Å². The first-order valence-electron chi connectivity index (χ1n) is 6.25. The number of ketones is 1. The van der Waals surface area contributed by atoms with Gasteiger partial charge in [0.2, 0.25) is 0 Å². The van der Waals surface area contributed by atoms with Crippen LogP contribution in [0.25, 0.3) is 0 Å². The van der Waals surface area contributed by atoms with Gasteiger partial charge in [-0.25, -0.2) is 0 Å². The molecule has 0 saturated carbocycles. The topological polar surface area (TPSA) is 69.4 Å². The Labute approximate surface area is 121 Å². The summed E-state index contributed by atoms with van der Waals surface area (Å²) in [6.45, 7) is 2.06. The number of ether oxygens (including phenoxy) is 1. The number of nitrogens with two attached hydrogens (primary N) is 1. The van der Waals surface area contributed by atoms with Gasteiger partial charge in [-0.2, -0.15) is 0 Å². The minimum absolute atomic E-state index is 0.0589. The maximum atomic E-state index is 11.9. The van der Waals surface area contributed by atoms with Gasteiger partial charge in [0, 0.05) is 16.5 Å². The van der Waals surface area contributed by atoms with E-state index in [1.807, 2.05) is 12.1 Å². The Bertz CT molecular complexity index is 431. The molecular weight excluding hydrogens is 310 g/mol. The summed E-state index contributed by atoms with van der Waals surface area (Å²) >= 11 is 3.32. The molecule has 104 valence electrons. The van der Waals surface area contributed by atoms with Gasteiger partial charge in [-0.05, 0) is 31.9 Å². The van der Waals surface area contributed by atoms with E-state index in [9.17, 15) is 9.59 Å². The van der Waals surface area contributed by atoms with Gasteiger partial charge in [-0.15, -0.1) is 0 Å². The molecule has 0 aliphatic heterocycles. The zero-order valence-electron chi connectivity index (χ0n) is 10.9. The molecule has 19 heavy (non-hydrogen) atoms. The molecule has 1 rings (SSSR count). The normalized spacial score (nSPS) is 11.9. The minimum atomic E-state index is -0.641.